The summed E-state index contributed by atoms with van der Waals surface area (Å²) >= 11 is 0. The minimum atomic E-state index is -0.442. The topological polar surface area (TPSA) is 66.0 Å². The molecule has 0 aliphatic rings. The summed E-state index contributed by atoms with van der Waals surface area (Å²) in [6, 6.07) is 2.85. The van der Waals surface area contributed by atoms with Crippen molar-refractivity contribution in [1.82, 2.24) is 15.0 Å². The van der Waals surface area contributed by atoms with Gasteiger partial charge in [0, 0.05) is 26.3 Å². The zero-order valence-electron chi connectivity index (χ0n) is 8.98. The Labute approximate surface area is 92.0 Å². The predicted octanol–water partition coefficient (Wildman–Crippen LogP) is 1.19. The third-order valence-electron chi connectivity index (χ3n) is 2.35. The number of rotatable bonds is 4. The maximum Gasteiger partial charge on any atom is 0.148 e. The van der Waals surface area contributed by atoms with Crippen molar-refractivity contribution in [3.05, 3.63) is 17.9 Å². The monoisotopic (exact) mass is 224 g/mol. The Bertz CT molecular complexity index is 497. The van der Waals surface area contributed by atoms with Crippen LogP contribution in [0, 0.1) is 5.82 Å². The fraction of sp³-hybridized carbons (Fsp3) is 0.400. The molecule has 16 heavy (non-hydrogen) atoms. The average molecular weight is 224 g/mol. The second kappa shape index (κ2) is 4.44. The van der Waals surface area contributed by atoms with Gasteiger partial charge in [-0.1, -0.05) is 5.21 Å². The van der Waals surface area contributed by atoms with Crippen LogP contribution in [0.5, 0.6) is 0 Å². The molecule has 2 N–H and O–H groups in total. The second-order valence-corrected chi connectivity index (χ2v) is 3.52. The number of nitrogen functional groups attached to an aromatic ring is 1. The zero-order valence-corrected chi connectivity index (χ0v) is 8.98. The van der Waals surface area contributed by atoms with Crippen LogP contribution in [0.15, 0.2) is 12.1 Å². The van der Waals surface area contributed by atoms with Gasteiger partial charge in [-0.25, -0.2) is 9.07 Å². The van der Waals surface area contributed by atoms with Gasteiger partial charge in [0.05, 0.1) is 11.2 Å². The van der Waals surface area contributed by atoms with E-state index in [0.29, 0.717) is 24.2 Å². The Balaban J connectivity index is 2.29. The number of hydrogen-bond acceptors (Lipinski definition) is 4. The van der Waals surface area contributed by atoms with Crippen molar-refractivity contribution < 1.29 is 9.13 Å². The lowest BCUT2D eigenvalue weighted by Crippen LogP contribution is -2.03. The van der Waals surface area contributed by atoms with E-state index in [2.05, 4.69) is 10.3 Å². The maximum atomic E-state index is 13.3. The molecule has 1 heterocycles. The zero-order chi connectivity index (χ0) is 11.5. The Morgan fingerprint density at radius 2 is 2.31 bits per heavy atom. The van der Waals surface area contributed by atoms with E-state index >= 15 is 0 Å². The van der Waals surface area contributed by atoms with Crippen molar-refractivity contribution in [3.8, 4) is 0 Å². The molecule has 86 valence electrons. The molecule has 2 aromatic rings. The molecule has 0 amide bonds. The molecule has 0 fully saturated rings. The number of aryl methyl sites for hydroxylation is 1. The maximum absolute atomic E-state index is 13.3. The van der Waals surface area contributed by atoms with E-state index in [-0.39, 0.29) is 5.69 Å². The lowest BCUT2D eigenvalue weighted by Gasteiger charge is -2.02. The molecule has 2 rings (SSSR count). The Morgan fingerprint density at radius 1 is 1.50 bits per heavy atom. The van der Waals surface area contributed by atoms with Crippen LogP contribution < -0.4 is 5.73 Å². The molecule has 0 spiro atoms. The smallest absolute Gasteiger partial charge is 0.148 e. The van der Waals surface area contributed by atoms with Gasteiger partial charge in [-0.15, -0.1) is 5.10 Å². The molecule has 0 aliphatic carbocycles. The SMILES string of the molecule is COCCCn1nnc2cc(N)c(F)cc21. The Morgan fingerprint density at radius 3 is 3.06 bits per heavy atom. The number of anilines is 1. The van der Waals surface area contributed by atoms with Crippen LogP contribution in [0.2, 0.25) is 0 Å². The van der Waals surface area contributed by atoms with Crippen LogP contribution in [-0.2, 0) is 11.3 Å². The summed E-state index contributed by atoms with van der Waals surface area (Å²) in [5, 5.41) is 7.86. The van der Waals surface area contributed by atoms with Crippen LogP contribution in [0.25, 0.3) is 11.0 Å². The van der Waals surface area contributed by atoms with Gasteiger partial charge in [0.15, 0.2) is 0 Å². The number of halogens is 1. The molecule has 0 saturated carbocycles. The lowest BCUT2D eigenvalue weighted by molar-refractivity contribution is 0.189. The number of hydrogen-bond donors (Lipinski definition) is 1. The minimum absolute atomic E-state index is 0.0939. The van der Waals surface area contributed by atoms with Gasteiger partial charge in [-0.05, 0) is 12.5 Å². The molecule has 0 unspecified atom stereocenters. The molecule has 1 aromatic carbocycles. The first kappa shape index (κ1) is 10.8. The number of aromatic nitrogens is 3. The average Bonchev–Trinajstić information content (AvgIpc) is 2.63. The molecule has 0 aliphatic heterocycles. The van der Waals surface area contributed by atoms with E-state index in [4.69, 9.17) is 10.5 Å². The largest absolute Gasteiger partial charge is 0.396 e. The summed E-state index contributed by atoms with van der Waals surface area (Å²) in [5.41, 5.74) is 6.80. The summed E-state index contributed by atoms with van der Waals surface area (Å²) in [7, 11) is 1.64. The fourth-order valence-corrected chi connectivity index (χ4v) is 1.53. The molecule has 6 heteroatoms. The highest BCUT2D eigenvalue weighted by Gasteiger charge is 2.08. The van der Waals surface area contributed by atoms with E-state index in [1.807, 2.05) is 0 Å². The molecule has 5 nitrogen and oxygen atoms in total. The fourth-order valence-electron chi connectivity index (χ4n) is 1.53. The number of nitrogens with zero attached hydrogens (tertiary/aromatic N) is 3. The number of nitrogens with two attached hydrogens (primary N) is 1. The third-order valence-corrected chi connectivity index (χ3v) is 2.35. The van der Waals surface area contributed by atoms with Gasteiger partial charge < -0.3 is 10.5 Å². The van der Waals surface area contributed by atoms with E-state index in [0.717, 1.165) is 6.42 Å². The number of fused-ring (bicyclic) bond motifs is 1. The van der Waals surface area contributed by atoms with Gasteiger partial charge in [0.1, 0.15) is 11.3 Å². The van der Waals surface area contributed by atoms with Crippen molar-refractivity contribution in [2.75, 3.05) is 19.5 Å². The van der Waals surface area contributed by atoms with E-state index in [1.165, 1.54) is 12.1 Å². The van der Waals surface area contributed by atoms with Gasteiger partial charge in [0.2, 0.25) is 0 Å². The highest BCUT2D eigenvalue weighted by molar-refractivity contribution is 5.78. The first-order valence-electron chi connectivity index (χ1n) is 4.99. The first-order valence-corrected chi connectivity index (χ1v) is 4.99. The summed E-state index contributed by atoms with van der Waals surface area (Å²) in [4.78, 5) is 0. The quantitative estimate of drug-likeness (QED) is 0.625. The van der Waals surface area contributed by atoms with Crippen LogP contribution in [0.1, 0.15) is 6.42 Å². The Kier molecular flexibility index (Phi) is 3.00. The van der Waals surface area contributed by atoms with Crippen molar-refractivity contribution in [1.29, 1.82) is 0 Å². The van der Waals surface area contributed by atoms with Gasteiger partial charge in [-0.2, -0.15) is 0 Å². The molecule has 1 aromatic heterocycles. The van der Waals surface area contributed by atoms with Gasteiger partial charge in [-0.3, -0.25) is 0 Å². The predicted molar refractivity (Wildman–Crippen MR) is 58.4 cm³/mol. The number of benzene rings is 1. The van der Waals surface area contributed by atoms with Crippen molar-refractivity contribution in [2.45, 2.75) is 13.0 Å². The van der Waals surface area contributed by atoms with Crippen molar-refractivity contribution in [3.63, 3.8) is 0 Å². The molecular formula is C10H13FN4O. The first-order chi connectivity index (χ1) is 7.72. The normalized spacial score (nSPS) is 11.1. The van der Waals surface area contributed by atoms with Crippen molar-refractivity contribution in [2.24, 2.45) is 0 Å². The van der Waals surface area contributed by atoms with Gasteiger partial charge in [0.25, 0.3) is 0 Å². The Hall–Kier alpha value is -1.69. The van der Waals surface area contributed by atoms with Gasteiger partial charge >= 0.3 is 0 Å². The highest BCUT2D eigenvalue weighted by atomic mass is 19.1. The van der Waals surface area contributed by atoms with E-state index in [9.17, 15) is 4.39 Å². The highest BCUT2D eigenvalue weighted by Crippen LogP contribution is 2.18. The van der Waals surface area contributed by atoms with Crippen molar-refractivity contribution >= 4 is 16.7 Å². The van der Waals surface area contributed by atoms with Crippen LogP contribution in [0.4, 0.5) is 10.1 Å². The molecular weight excluding hydrogens is 211 g/mol. The summed E-state index contributed by atoms with van der Waals surface area (Å²) in [6.45, 7) is 1.28. The minimum Gasteiger partial charge on any atom is -0.396 e. The van der Waals surface area contributed by atoms with E-state index in [1.54, 1.807) is 11.8 Å². The summed E-state index contributed by atoms with van der Waals surface area (Å²) < 4.78 is 19.9. The van der Waals surface area contributed by atoms with Crippen LogP contribution >= 0.6 is 0 Å². The molecule has 0 bridgehead atoms. The molecule has 0 atom stereocenters. The van der Waals surface area contributed by atoms with Crippen LogP contribution in [0.3, 0.4) is 0 Å². The lowest BCUT2D eigenvalue weighted by atomic mass is 10.2. The second-order valence-electron chi connectivity index (χ2n) is 3.52. The number of ether oxygens (including phenoxy) is 1. The number of methoxy groups -OCH3 is 1. The summed E-state index contributed by atoms with van der Waals surface area (Å²) in [6.07, 6.45) is 0.807. The van der Waals surface area contributed by atoms with Crippen LogP contribution in [-0.4, -0.2) is 28.7 Å². The van der Waals surface area contributed by atoms with E-state index < -0.39 is 5.82 Å². The third kappa shape index (κ3) is 1.96. The molecule has 0 radical (unpaired) electrons. The standard InChI is InChI=1S/C10H13FN4O/c1-16-4-2-3-15-10-5-7(11)8(12)6-9(10)13-14-15/h5-6H,2-4,12H2,1H3. The molecule has 0 saturated heterocycles. The summed E-state index contributed by atoms with van der Waals surface area (Å²) in [5.74, 6) is -0.442.